The monoisotopic (exact) mass is 563 g/mol. The highest BCUT2D eigenvalue weighted by molar-refractivity contribution is 5.92. The van der Waals surface area contributed by atoms with Crippen molar-refractivity contribution in [2.75, 3.05) is 6.61 Å². The Balaban J connectivity index is 1.38. The second-order valence-corrected chi connectivity index (χ2v) is 12.7. The number of esters is 1. The van der Waals surface area contributed by atoms with Gasteiger partial charge < -0.3 is 30.5 Å². The summed E-state index contributed by atoms with van der Waals surface area (Å²) in [6, 6.07) is -1.52. The van der Waals surface area contributed by atoms with Gasteiger partial charge in [-0.1, -0.05) is 19.4 Å². The second-order valence-electron chi connectivity index (χ2n) is 12.7. The maximum Gasteiger partial charge on any atom is 0.328 e. The Morgan fingerprint density at radius 2 is 1.82 bits per heavy atom. The van der Waals surface area contributed by atoms with E-state index in [0.717, 1.165) is 18.4 Å². The van der Waals surface area contributed by atoms with Crippen molar-refractivity contribution < 1.29 is 49.1 Å². The third-order valence-electron chi connectivity index (χ3n) is 10.5. The Labute approximate surface area is 233 Å². The zero-order valence-electron chi connectivity index (χ0n) is 23.4. The van der Waals surface area contributed by atoms with Gasteiger partial charge in [0.1, 0.15) is 5.60 Å². The quantitative estimate of drug-likeness (QED) is 0.254. The number of rotatable bonds is 9. The van der Waals surface area contributed by atoms with Gasteiger partial charge in [-0.15, -0.1) is 0 Å². The molecule has 0 unspecified atom stereocenters. The number of amides is 1. The lowest BCUT2D eigenvalue weighted by Gasteiger charge is -2.60. The molecule has 4 aliphatic carbocycles. The van der Waals surface area contributed by atoms with Crippen LogP contribution in [0.25, 0.3) is 0 Å². The number of carbonyl (C=O) groups excluding carboxylic acids is 4. The van der Waals surface area contributed by atoms with Crippen molar-refractivity contribution in [1.82, 2.24) is 5.32 Å². The van der Waals surface area contributed by atoms with Gasteiger partial charge in [-0.05, 0) is 74.7 Å². The molecule has 0 aromatic heterocycles. The number of Topliss-reactive ketones (excluding diaryl/α,β-unsaturated/α-hetero) is 1. The van der Waals surface area contributed by atoms with Gasteiger partial charge >= 0.3 is 11.9 Å². The van der Waals surface area contributed by atoms with Crippen LogP contribution in [0.1, 0.15) is 78.6 Å². The summed E-state index contributed by atoms with van der Waals surface area (Å²) in [5.41, 5.74) is -1.88. The topological polar surface area (TPSA) is 188 Å². The lowest BCUT2D eigenvalue weighted by Crippen LogP contribution is -2.62. The van der Waals surface area contributed by atoms with Gasteiger partial charge in [-0.2, -0.15) is 0 Å². The molecule has 3 saturated carbocycles. The van der Waals surface area contributed by atoms with Crippen LogP contribution in [-0.4, -0.2) is 80.3 Å². The number of ether oxygens (including phenoxy) is 1. The average molecular weight is 564 g/mol. The van der Waals surface area contributed by atoms with Crippen molar-refractivity contribution in [3.8, 4) is 0 Å². The van der Waals surface area contributed by atoms with E-state index in [0.29, 0.717) is 19.3 Å². The number of fused-ring (bicyclic) bond motifs is 5. The maximum atomic E-state index is 13.3. The Kier molecular flexibility index (Phi) is 8.33. The predicted octanol–water partition coefficient (Wildman–Crippen LogP) is 1.06. The lowest BCUT2D eigenvalue weighted by atomic mass is 9.45. The predicted molar refractivity (Wildman–Crippen MR) is 139 cm³/mol. The average Bonchev–Trinajstić information content (AvgIpc) is 3.15. The Bertz CT molecular complexity index is 1120. The fourth-order valence-corrected chi connectivity index (χ4v) is 8.34. The van der Waals surface area contributed by atoms with E-state index >= 15 is 0 Å². The molecular formula is C29H41NO10. The van der Waals surface area contributed by atoms with E-state index < -0.39 is 72.3 Å². The number of aliphatic hydroxyl groups excluding tert-OH is 2. The van der Waals surface area contributed by atoms with Crippen molar-refractivity contribution in [2.24, 2.45) is 28.6 Å². The number of aliphatic carboxylic acids is 1. The third-order valence-corrected chi connectivity index (χ3v) is 10.5. The number of nitrogens with one attached hydrogen (secondary N) is 1. The van der Waals surface area contributed by atoms with Gasteiger partial charge in [-0.3, -0.25) is 19.2 Å². The van der Waals surface area contributed by atoms with Crippen LogP contribution in [0, 0.1) is 28.6 Å². The molecule has 11 nitrogen and oxygen atoms in total. The first-order valence-electron chi connectivity index (χ1n) is 14.2. The molecule has 0 bridgehead atoms. The molecule has 9 atom stereocenters. The molecule has 0 saturated heterocycles. The summed E-state index contributed by atoms with van der Waals surface area (Å²) in [5, 5.41) is 43.8. The standard InChI is InChI=1S/C29H41NO10/c1-15(31)25(26(37)38)30-22(35)6-7-23(36)40-14-21(34)29(39)11-9-19-18-5-4-16-12-17(32)8-10-27(16,2)24(18)20(33)13-28(19,29)3/h12,15,18-20,24-25,31,33,39H,4-11,13-14H2,1-3H3,(H,30,35)(H,37,38)/t15-,18-,19+,20-,24+,25-,27-,28-,29-/m0/s1. The molecule has 222 valence electrons. The first kappa shape index (κ1) is 30.3. The summed E-state index contributed by atoms with van der Waals surface area (Å²) in [4.78, 5) is 60.8. The summed E-state index contributed by atoms with van der Waals surface area (Å²) in [6.07, 6.45) is 2.53. The number of hydrogen-bond donors (Lipinski definition) is 5. The summed E-state index contributed by atoms with van der Waals surface area (Å²) >= 11 is 0. The number of carboxylic acid groups (broad SMARTS) is 1. The smallest absolute Gasteiger partial charge is 0.328 e. The van der Waals surface area contributed by atoms with Crippen LogP contribution in [0.2, 0.25) is 0 Å². The molecule has 3 fully saturated rings. The Morgan fingerprint density at radius 3 is 2.48 bits per heavy atom. The second kappa shape index (κ2) is 11.0. The van der Waals surface area contributed by atoms with E-state index in [1.165, 1.54) is 6.92 Å². The van der Waals surface area contributed by atoms with E-state index in [1.54, 1.807) is 6.08 Å². The maximum absolute atomic E-state index is 13.3. The summed E-state index contributed by atoms with van der Waals surface area (Å²) in [6.45, 7) is 4.51. The van der Waals surface area contributed by atoms with Gasteiger partial charge in [0.2, 0.25) is 11.7 Å². The van der Waals surface area contributed by atoms with Crippen molar-refractivity contribution in [1.29, 1.82) is 0 Å². The van der Waals surface area contributed by atoms with Crippen molar-refractivity contribution in [3.05, 3.63) is 11.6 Å². The summed E-state index contributed by atoms with van der Waals surface area (Å²) in [5.74, 6) is -3.55. The zero-order chi connectivity index (χ0) is 29.6. The fourth-order valence-electron chi connectivity index (χ4n) is 8.34. The van der Waals surface area contributed by atoms with E-state index in [1.807, 2.05) is 6.92 Å². The molecule has 40 heavy (non-hydrogen) atoms. The van der Waals surface area contributed by atoms with Crippen LogP contribution in [0.4, 0.5) is 0 Å². The molecule has 4 aliphatic rings. The SMILES string of the molecule is C[C@H](O)[C@H](NC(=O)CCC(=O)OCC(=O)[C@@]1(O)CC[C@@H]2[C@@H]3CCC4=CC(=O)CC[C@]4(C)[C@H]3[C@@H](O)C[C@@]21C)C(=O)O. The summed E-state index contributed by atoms with van der Waals surface area (Å²) < 4.78 is 5.09. The molecule has 1 amide bonds. The van der Waals surface area contributed by atoms with Crippen LogP contribution in [0.3, 0.4) is 0 Å². The first-order chi connectivity index (χ1) is 18.6. The van der Waals surface area contributed by atoms with Crippen molar-refractivity contribution in [2.45, 2.75) is 102 Å². The van der Waals surface area contributed by atoms with Crippen LogP contribution in [0.5, 0.6) is 0 Å². The molecule has 0 radical (unpaired) electrons. The highest BCUT2D eigenvalue weighted by atomic mass is 16.5. The Hall–Kier alpha value is -2.63. The highest BCUT2D eigenvalue weighted by Gasteiger charge is 2.68. The molecule has 0 aliphatic heterocycles. The first-order valence-corrected chi connectivity index (χ1v) is 14.2. The van der Waals surface area contributed by atoms with Crippen LogP contribution < -0.4 is 5.32 Å². The number of carboxylic acids is 1. The van der Waals surface area contributed by atoms with Gasteiger partial charge in [0, 0.05) is 18.3 Å². The normalized spacial score (nSPS) is 38.1. The molecule has 0 spiro atoms. The molecule has 0 aromatic carbocycles. The molecule has 0 aromatic rings. The Morgan fingerprint density at radius 1 is 1.12 bits per heavy atom. The van der Waals surface area contributed by atoms with E-state index in [2.05, 4.69) is 12.2 Å². The van der Waals surface area contributed by atoms with E-state index in [9.17, 15) is 39.3 Å². The molecule has 5 N–H and O–H groups in total. The van der Waals surface area contributed by atoms with E-state index in [-0.39, 0.29) is 41.8 Å². The number of hydrogen-bond acceptors (Lipinski definition) is 9. The van der Waals surface area contributed by atoms with Gasteiger partial charge in [-0.25, -0.2) is 4.79 Å². The van der Waals surface area contributed by atoms with Crippen molar-refractivity contribution in [3.63, 3.8) is 0 Å². The minimum atomic E-state index is -1.78. The lowest BCUT2D eigenvalue weighted by molar-refractivity contribution is -0.184. The summed E-state index contributed by atoms with van der Waals surface area (Å²) in [7, 11) is 0. The molecule has 11 heteroatoms. The minimum absolute atomic E-state index is 0.0126. The van der Waals surface area contributed by atoms with Gasteiger partial charge in [0.15, 0.2) is 18.4 Å². The van der Waals surface area contributed by atoms with Gasteiger partial charge in [0.25, 0.3) is 0 Å². The fraction of sp³-hybridized carbons (Fsp3) is 0.759. The van der Waals surface area contributed by atoms with E-state index in [4.69, 9.17) is 9.84 Å². The largest absolute Gasteiger partial charge is 0.480 e. The minimum Gasteiger partial charge on any atom is -0.480 e. The molecule has 0 heterocycles. The van der Waals surface area contributed by atoms with Crippen LogP contribution in [-0.2, 0) is 28.7 Å². The van der Waals surface area contributed by atoms with Crippen LogP contribution in [0.15, 0.2) is 11.6 Å². The highest BCUT2D eigenvalue weighted by Crippen LogP contribution is 2.67. The number of ketones is 2. The molecular weight excluding hydrogens is 522 g/mol. The van der Waals surface area contributed by atoms with Crippen LogP contribution >= 0.6 is 0 Å². The number of allylic oxidation sites excluding steroid dienone is 1. The molecule has 4 rings (SSSR count). The van der Waals surface area contributed by atoms with Crippen molar-refractivity contribution >= 4 is 29.4 Å². The number of aliphatic hydroxyl groups is 3. The third kappa shape index (κ3) is 5.12. The number of carbonyl (C=O) groups is 5. The van der Waals surface area contributed by atoms with Gasteiger partial charge in [0.05, 0.1) is 18.6 Å². The zero-order valence-corrected chi connectivity index (χ0v) is 23.4.